The minimum Gasteiger partial charge on any atom is -0.497 e. The third-order valence-electron chi connectivity index (χ3n) is 6.67. The van der Waals surface area contributed by atoms with Crippen LogP contribution >= 0.6 is 11.3 Å². The smallest absolute Gasteiger partial charge is 0.267 e. The Morgan fingerprint density at radius 1 is 0.921 bits per heavy atom. The molecule has 0 aliphatic heterocycles. The lowest BCUT2D eigenvalue weighted by atomic mass is 9.93. The number of hydrogen-bond acceptors (Lipinski definition) is 7. The second-order valence-corrected chi connectivity index (χ2v) is 9.93. The Morgan fingerprint density at radius 2 is 1.61 bits per heavy atom. The van der Waals surface area contributed by atoms with Gasteiger partial charge in [-0.05, 0) is 54.4 Å². The van der Waals surface area contributed by atoms with Crippen molar-refractivity contribution in [2.24, 2.45) is 0 Å². The van der Waals surface area contributed by atoms with Crippen molar-refractivity contribution in [3.05, 3.63) is 94.5 Å². The van der Waals surface area contributed by atoms with Gasteiger partial charge >= 0.3 is 0 Å². The van der Waals surface area contributed by atoms with E-state index in [1.54, 1.807) is 37.4 Å². The molecule has 1 aliphatic carbocycles. The number of nitrogen functional groups attached to an aromatic ring is 1. The van der Waals surface area contributed by atoms with Gasteiger partial charge in [-0.1, -0.05) is 36.4 Å². The summed E-state index contributed by atoms with van der Waals surface area (Å²) in [6, 6.07) is 21.6. The van der Waals surface area contributed by atoms with Crippen LogP contribution in [0.25, 0.3) is 32.5 Å². The average molecular weight is 520 g/mol. The topological polar surface area (TPSA) is 111 Å². The maximum absolute atomic E-state index is 13.3. The van der Waals surface area contributed by atoms with Gasteiger partial charge in [-0.2, -0.15) is 0 Å². The number of nitrogens with one attached hydrogen (secondary N) is 1. The zero-order valence-corrected chi connectivity index (χ0v) is 21.3. The first kappa shape index (κ1) is 23.6. The number of fused-ring (bicyclic) bond motifs is 4. The van der Waals surface area contributed by atoms with E-state index in [2.05, 4.69) is 5.32 Å². The normalized spacial score (nSPS) is 11.8. The number of thiophene rings is 1. The van der Waals surface area contributed by atoms with Crippen molar-refractivity contribution in [2.45, 2.75) is 6.92 Å². The first-order valence-corrected chi connectivity index (χ1v) is 12.7. The zero-order chi connectivity index (χ0) is 26.6. The monoisotopic (exact) mass is 519 g/mol. The summed E-state index contributed by atoms with van der Waals surface area (Å²) < 4.78 is 5.33. The second-order valence-electron chi connectivity index (χ2n) is 8.93. The number of aromatic nitrogens is 1. The lowest BCUT2D eigenvalue weighted by Crippen LogP contribution is -2.12. The van der Waals surface area contributed by atoms with Gasteiger partial charge in [-0.3, -0.25) is 14.4 Å². The fourth-order valence-electron chi connectivity index (χ4n) is 4.80. The maximum Gasteiger partial charge on any atom is 0.267 e. The number of nitrogens with zero attached hydrogens (tertiary/aromatic N) is 1. The number of amides is 1. The van der Waals surface area contributed by atoms with Gasteiger partial charge in [-0.15, -0.1) is 11.3 Å². The van der Waals surface area contributed by atoms with Crippen molar-refractivity contribution in [1.29, 1.82) is 0 Å². The number of carbonyl (C=O) groups excluding carboxylic acids is 3. The first-order chi connectivity index (χ1) is 18.4. The van der Waals surface area contributed by atoms with Gasteiger partial charge < -0.3 is 15.8 Å². The van der Waals surface area contributed by atoms with Crippen molar-refractivity contribution in [1.82, 2.24) is 4.98 Å². The van der Waals surface area contributed by atoms with E-state index >= 15 is 0 Å². The Bertz CT molecular complexity index is 1790. The molecule has 0 saturated carbocycles. The highest BCUT2D eigenvalue weighted by Gasteiger charge is 2.34. The van der Waals surface area contributed by atoms with Crippen molar-refractivity contribution >= 4 is 50.4 Å². The minimum atomic E-state index is -0.395. The van der Waals surface area contributed by atoms with Crippen molar-refractivity contribution in [2.75, 3.05) is 18.2 Å². The summed E-state index contributed by atoms with van der Waals surface area (Å²) in [7, 11) is 1.60. The number of Topliss-reactive ketones (excluding diaryl/α,β-unsaturated/α-hetero) is 1. The van der Waals surface area contributed by atoms with Crippen molar-refractivity contribution in [3.8, 4) is 28.0 Å². The highest BCUT2D eigenvalue weighted by Crippen LogP contribution is 2.49. The van der Waals surface area contributed by atoms with Gasteiger partial charge in [0, 0.05) is 33.3 Å². The Morgan fingerprint density at radius 3 is 2.26 bits per heavy atom. The predicted molar refractivity (Wildman–Crippen MR) is 149 cm³/mol. The van der Waals surface area contributed by atoms with E-state index in [9.17, 15) is 14.4 Å². The summed E-state index contributed by atoms with van der Waals surface area (Å²) in [5.41, 5.74) is 12.0. The van der Waals surface area contributed by atoms with E-state index in [4.69, 9.17) is 15.5 Å². The van der Waals surface area contributed by atoms with Gasteiger partial charge in [0.15, 0.2) is 5.78 Å². The minimum absolute atomic E-state index is 0.0575. The lowest BCUT2D eigenvalue weighted by molar-refractivity contribution is 0.101. The number of rotatable bonds is 5. The molecular weight excluding hydrogens is 498 g/mol. The van der Waals surface area contributed by atoms with E-state index in [0.717, 1.165) is 28.0 Å². The van der Waals surface area contributed by atoms with Crippen LogP contribution in [0.2, 0.25) is 0 Å². The van der Waals surface area contributed by atoms with Crippen LogP contribution in [0.4, 0.5) is 11.4 Å². The molecule has 186 valence electrons. The molecule has 0 spiro atoms. The second kappa shape index (κ2) is 8.93. The van der Waals surface area contributed by atoms with E-state index in [-0.39, 0.29) is 11.6 Å². The fourth-order valence-corrected chi connectivity index (χ4v) is 5.80. The zero-order valence-electron chi connectivity index (χ0n) is 20.5. The first-order valence-electron chi connectivity index (χ1n) is 11.8. The lowest BCUT2D eigenvalue weighted by Gasteiger charge is -2.12. The molecular formula is C30H21N3O4S. The van der Waals surface area contributed by atoms with Crippen LogP contribution in [-0.2, 0) is 0 Å². The molecule has 2 heterocycles. The maximum atomic E-state index is 13.3. The number of carbonyl (C=O) groups is 3. The van der Waals surface area contributed by atoms with E-state index in [1.807, 2.05) is 42.5 Å². The van der Waals surface area contributed by atoms with Crippen LogP contribution in [0, 0.1) is 0 Å². The molecule has 1 amide bonds. The molecule has 6 rings (SSSR count). The summed E-state index contributed by atoms with van der Waals surface area (Å²) in [4.78, 5) is 43.7. The predicted octanol–water partition coefficient (Wildman–Crippen LogP) is 6.22. The summed E-state index contributed by atoms with van der Waals surface area (Å²) in [6.45, 7) is 1.49. The molecule has 0 fully saturated rings. The number of methoxy groups -OCH3 is 1. The number of hydrogen-bond donors (Lipinski definition) is 2. The SMILES string of the molecule is COc1ccc(-c2c3c(nc4sc(C(=O)Nc5ccc(C(C)=O)cc5)c(N)c24)C(=O)c2ccccc2-3)cc1. The Kier molecular flexibility index (Phi) is 5.54. The van der Waals surface area contributed by atoms with Crippen molar-refractivity contribution < 1.29 is 19.1 Å². The summed E-state index contributed by atoms with van der Waals surface area (Å²) >= 11 is 1.14. The standard InChI is InChI=1S/C30H21N3O4S/c1-15(34)16-7-11-18(12-8-16)32-29(36)28-25(31)24-22(17-9-13-19(37-2)14-10-17)23-20-5-3-4-6-21(20)27(35)26(23)33-30(24)38-28/h3-14H,31H2,1-2H3,(H,32,36). The average Bonchev–Trinajstić information content (AvgIpc) is 3.42. The van der Waals surface area contributed by atoms with Crippen LogP contribution in [0.5, 0.6) is 5.75 Å². The van der Waals surface area contributed by atoms with E-state index in [0.29, 0.717) is 54.6 Å². The molecule has 7 nitrogen and oxygen atoms in total. The Balaban J connectivity index is 1.54. The number of ether oxygens (including phenoxy) is 1. The molecule has 1 aliphatic rings. The van der Waals surface area contributed by atoms with Crippen molar-refractivity contribution in [3.63, 3.8) is 0 Å². The molecule has 5 aromatic rings. The molecule has 2 aromatic heterocycles. The van der Waals surface area contributed by atoms with Crippen LogP contribution in [0.1, 0.15) is 43.0 Å². The van der Waals surface area contributed by atoms with Gasteiger partial charge in [0.2, 0.25) is 5.78 Å². The van der Waals surface area contributed by atoms with Gasteiger partial charge in [0.25, 0.3) is 5.91 Å². The van der Waals surface area contributed by atoms with Crippen LogP contribution in [0.3, 0.4) is 0 Å². The molecule has 3 N–H and O–H groups in total. The fraction of sp³-hybridized carbons (Fsp3) is 0.0667. The van der Waals surface area contributed by atoms with E-state index < -0.39 is 5.91 Å². The molecule has 0 bridgehead atoms. The molecule has 3 aromatic carbocycles. The van der Waals surface area contributed by atoms with Gasteiger partial charge in [0.05, 0.1) is 12.8 Å². The third kappa shape index (κ3) is 3.65. The summed E-state index contributed by atoms with van der Waals surface area (Å²) in [5, 5.41) is 3.48. The Labute approximate surface area is 221 Å². The quantitative estimate of drug-likeness (QED) is 0.262. The van der Waals surface area contributed by atoms with E-state index in [1.165, 1.54) is 6.92 Å². The van der Waals surface area contributed by atoms with Crippen LogP contribution in [0.15, 0.2) is 72.8 Å². The Hall–Kier alpha value is -4.82. The highest BCUT2D eigenvalue weighted by atomic mass is 32.1. The van der Waals surface area contributed by atoms with Crippen LogP contribution < -0.4 is 15.8 Å². The molecule has 38 heavy (non-hydrogen) atoms. The molecule has 0 atom stereocenters. The third-order valence-corrected chi connectivity index (χ3v) is 7.77. The molecule has 0 saturated heterocycles. The van der Waals surface area contributed by atoms with Gasteiger partial charge in [0.1, 0.15) is 21.2 Å². The van der Waals surface area contributed by atoms with Crippen LogP contribution in [-0.4, -0.2) is 29.6 Å². The summed E-state index contributed by atoms with van der Waals surface area (Å²) in [5.74, 6) is 0.0868. The molecule has 8 heteroatoms. The number of benzene rings is 3. The molecule has 0 radical (unpaired) electrons. The number of ketones is 2. The molecule has 0 unspecified atom stereocenters. The van der Waals surface area contributed by atoms with Gasteiger partial charge in [-0.25, -0.2) is 4.98 Å². The summed E-state index contributed by atoms with van der Waals surface area (Å²) in [6.07, 6.45) is 0. The highest BCUT2D eigenvalue weighted by molar-refractivity contribution is 7.21. The number of nitrogens with two attached hydrogens (primary N) is 1. The largest absolute Gasteiger partial charge is 0.497 e. The number of anilines is 2. The number of pyridine rings is 1.